The van der Waals surface area contributed by atoms with E-state index >= 15 is 0 Å². The molecule has 3 rings (SSSR count). The average molecular weight is 286 g/mol. The maximum atomic E-state index is 13.2. The Balaban J connectivity index is 1.79. The lowest BCUT2D eigenvalue weighted by molar-refractivity contribution is -0.117. The lowest BCUT2D eigenvalue weighted by Crippen LogP contribution is -2.27. The van der Waals surface area contributed by atoms with Crippen molar-refractivity contribution < 1.29 is 13.9 Å². The molecule has 0 aromatic heterocycles. The molecule has 2 N–H and O–H groups in total. The van der Waals surface area contributed by atoms with E-state index in [-0.39, 0.29) is 11.7 Å². The molecule has 0 fully saturated rings. The number of anilines is 1. The molecule has 0 spiro atoms. The van der Waals surface area contributed by atoms with E-state index < -0.39 is 6.04 Å². The second-order valence-electron chi connectivity index (χ2n) is 4.85. The van der Waals surface area contributed by atoms with Crippen LogP contribution in [0.3, 0.4) is 0 Å². The monoisotopic (exact) mass is 286 g/mol. The van der Waals surface area contributed by atoms with Crippen molar-refractivity contribution >= 4 is 11.6 Å². The number of fused-ring (bicyclic) bond motifs is 1. The van der Waals surface area contributed by atoms with E-state index in [1.807, 2.05) is 24.3 Å². The number of amides is 1. The molecule has 1 aliphatic rings. The van der Waals surface area contributed by atoms with E-state index in [1.54, 1.807) is 13.2 Å². The van der Waals surface area contributed by atoms with Crippen molar-refractivity contribution in [1.82, 2.24) is 5.32 Å². The summed E-state index contributed by atoms with van der Waals surface area (Å²) in [6.07, 6.45) is 0. The number of rotatable bonds is 4. The van der Waals surface area contributed by atoms with Crippen molar-refractivity contribution in [3.8, 4) is 5.75 Å². The van der Waals surface area contributed by atoms with Crippen LogP contribution >= 0.6 is 0 Å². The number of hydrogen-bond donors (Lipinski definition) is 2. The molecule has 1 amide bonds. The minimum Gasteiger partial charge on any atom is -0.496 e. The Morgan fingerprint density at radius 2 is 2.10 bits per heavy atom. The van der Waals surface area contributed by atoms with Gasteiger partial charge in [0.15, 0.2) is 0 Å². The highest BCUT2D eigenvalue weighted by atomic mass is 19.1. The number of hydrogen-bond acceptors (Lipinski definition) is 3. The topological polar surface area (TPSA) is 50.4 Å². The fraction of sp³-hybridized carbons (Fsp3) is 0.188. The minimum absolute atomic E-state index is 0.175. The van der Waals surface area contributed by atoms with E-state index in [1.165, 1.54) is 12.1 Å². The van der Waals surface area contributed by atoms with Gasteiger partial charge in [0.05, 0.1) is 7.11 Å². The van der Waals surface area contributed by atoms with E-state index in [4.69, 9.17) is 4.74 Å². The first kappa shape index (κ1) is 13.6. The molecule has 1 unspecified atom stereocenters. The molecular formula is C16H15FN2O2. The summed E-state index contributed by atoms with van der Waals surface area (Å²) in [6, 6.07) is 11.4. The molecule has 0 radical (unpaired) electrons. The van der Waals surface area contributed by atoms with Gasteiger partial charge in [-0.3, -0.25) is 10.1 Å². The molecule has 0 saturated carbocycles. The second kappa shape index (κ2) is 5.54. The number of nitrogens with one attached hydrogen (secondary N) is 2. The van der Waals surface area contributed by atoms with Gasteiger partial charge in [0, 0.05) is 23.4 Å². The van der Waals surface area contributed by atoms with Crippen LogP contribution in [-0.2, 0) is 11.3 Å². The molecule has 5 heteroatoms. The number of para-hydroxylation sites is 1. The molecular weight excluding hydrogens is 271 g/mol. The van der Waals surface area contributed by atoms with Crippen LogP contribution in [-0.4, -0.2) is 13.0 Å². The number of ether oxygens (including phenoxy) is 1. The zero-order chi connectivity index (χ0) is 14.8. The standard InChI is InChI=1S/C16H15FN2O2/c1-21-14-5-3-2-4-10(14)9-18-15-12-7-6-11(17)8-13(12)19-16(15)20/h2-8,15,18H,9H2,1H3,(H,19,20). The summed E-state index contributed by atoms with van der Waals surface area (Å²) in [5.41, 5.74) is 2.25. The van der Waals surface area contributed by atoms with Crippen molar-refractivity contribution in [1.29, 1.82) is 0 Å². The average Bonchev–Trinajstić information content (AvgIpc) is 2.80. The summed E-state index contributed by atoms with van der Waals surface area (Å²) in [5.74, 6) is 0.229. The fourth-order valence-corrected chi connectivity index (χ4v) is 2.50. The Bertz CT molecular complexity index is 688. The van der Waals surface area contributed by atoms with Crippen molar-refractivity contribution in [2.24, 2.45) is 0 Å². The third-order valence-corrected chi connectivity index (χ3v) is 3.54. The van der Waals surface area contributed by atoms with Crippen molar-refractivity contribution in [3.05, 3.63) is 59.4 Å². The van der Waals surface area contributed by atoms with Crippen LogP contribution in [0.1, 0.15) is 17.2 Å². The predicted molar refractivity (Wildman–Crippen MR) is 77.6 cm³/mol. The first-order valence-electron chi connectivity index (χ1n) is 6.64. The zero-order valence-corrected chi connectivity index (χ0v) is 11.5. The van der Waals surface area contributed by atoms with Gasteiger partial charge < -0.3 is 10.1 Å². The molecule has 1 aliphatic heterocycles. The van der Waals surface area contributed by atoms with Crippen LogP contribution in [0.5, 0.6) is 5.75 Å². The summed E-state index contributed by atoms with van der Waals surface area (Å²) in [7, 11) is 1.61. The van der Waals surface area contributed by atoms with Crippen molar-refractivity contribution in [2.45, 2.75) is 12.6 Å². The Labute approximate surface area is 121 Å². The molecule has 1 atom stereocenters. The lowest BCUT2D eigenvalue weighted by atomic mass is 10.1. The van der Waals surface area contributed by atoms with Crippen LogP contribution < -0.4 is 15.4 Å². The fourth-order valence-electron chi connectivity index (χ4n) is 2.50. The maximum absolute atomic E-state index is 13.2. The number of methoxy groups -OCH3 is 1. The molecule has 0 saturated heterocycles. The van der Waals surface area contributed by atoms with Gasteiger partial charge in [0.2, 0.25) is 5.91 Å². The molecule has 0 bridgehead atoms. The van der Waals surface area contributed by atoms with Gasteiger partial charge in [-0.1, -0.05) is 24.3 Å². The number of halogens is 1. The van der Waals surface area contributed by atoms with E-state index in [9.17, 15) is 9.18 Å². The van der Waals surface area contributed by atoms with Gasteiger partial charge >= 0.3 is 0 Å². The normalized spacial score (nSPS) is 16.5. The Kier molecular flexibility index (Phi) is 3.58. The molecule has 21 heavy (non-hydrogen) atoms. The number of carbonyl (C=O) groups is 1. The smallest absolute Gasteiger partial charge is 0.246 e. The summed E-state index contributed by atoms with van der Waals surface area (Å²) in [6.45, 7) is 0.485. The molecule has 4 nitrogen and oxygen atoms in total. The number of carbonyl (C=O) groups excluding carboxylic acids is 1. The van der Waals surface area contributed by atoms with Crippen molar-refractivity contribution in [3.63, 3.8) is 0 Å². The maximum Gasteiger partial charge on any atom is 0.246 e. The van der Waals surface area contributed by atoms with Gasteiger partial charge in [-0.05, 0) is 18.2 Å². The molecule has 2 aromatic rings. The van der Waals surface area contributed by atoms with Crippen LogP contribution in [0.15, 0.2) is 42.5 Å². The Morgan fingerprint density at radius 1 is 1.29 bits per heavy atom. The summed E-state index contributed by atoms with van der Waals surface area (Å²) in [4.78, 5) is 12.0. The van der Waals surface area contributed by atoms with E-state index in [2.05, 4.69) is 10.6 Å². The minimum atomic E-state index is -0.481. The highest BCUT2D eigenvalue weighted by Crippen LogP contribution is 2.31. The summed E-state index contributed by atoms with van der Waals surface area (Å²) in [5, 5.41) is 5.86. The van der Waals surface area contributed by atoms with Gasteiger partial charge in [-0.25, -0.2) is 4.39 Å². The SMILES string of the molecule is COc1ccccc1CNC1C(=O)Nc2cc(F)ccc21. The van der Waals surface area contributed by atoms with E-state index in [0.29, 0.717) is 12.2 Å². The quantitative estimate of drug-likeness (QED) is 0.908. The highest BCUT2D eigenvalue weighted by molar-refractivity contribution is 6.02. The van der Waals surface area contributed by atoms with Crippen molar-refractivity contribution in [2.75, 3.05) is 12.4 Å². The second-order valence-corrected chi connectivity index (χ2v) is 4.85. The largest absolute Gasteiger partial charge is 0.496 e. The molecule has 2 aromatic carbocycles. The Hall–Kier alpha value is -2.40. The third kappa shape index (κ3) is 2.60. The van der Waals surface area contributed by atoms with Gasteiger partial charge in [-0.2, -0.15) is 0 Å². The summed E-state index contributed by atoms with van der Waals surface area (Å²) < 4.78 is 18.5. The predicted octanol–water partition coefficient (Wildman–Crippen LogP) is 2.62. The third-order valence-electron chi connectivity index (χ3n) is 3.54. The first-order chi connectivity index (χ1) is 10.2. The highest BCUT2D eigenvalue weighted by Gasteiger charge is 2.30. The molecule has 108 valence electrons. The van der Waals surface area contributed by atoms with Crippen LogP contribution in [0.4, 0.5) is 10.1 Å². The zero-order valence-electron chi connectivity index (χ0n) is 11.5. The van der Waals surface area contributed by atoms with Gasteiger partial charge in [0.1, 0.15) is 17.6 Å². The van der Waals surface area contributed by atoms with Crippen LogP contribution in [0.2, 0.25) is 0 Å². The molecule has 0 aliphatic carbocycles. The van der Waals surface area contributed by atoms with Gasteiger partial charge in [0.25, 0.3) is 0 Å². The van der Waals surface area contributed by atoms with Gasteiger partial charge in [-0.15, -0.1) is 0 Å². The Morgan fingerprint density at radius 3 is 2.90 bits per heavy atom. The summed E-state index contributed by atoms with van der Waals surface area (Å²) >= 11 is 0. The first-order valence-corrected chi connectivity index (χ1v) is 6.64. The van der Waals surface area contributed by atoms with Crippen LogP contribution in [0.25, 0.3) is 0 Å². The van der Waals surface area contributed by atoms with E-state index in [0.717, 1.165) is 16.9 Å². The molecule has 1 heterocycles. The number of benzene rings is 2. The van der Waals surface area contributed by atoms with Crippen LogP contribution in [0, 0.1) is 5.82 Å². The lowest BCUT2D eigenvalue weighted by Gasteiger charge is -2.13.